The van der Waals surface area contributed by atoms with Crippen molar-refractivity contribution >= 4 is 23.9 Å². The van der Waals surface area contributed by atoms with Gasteiger partial charge in [-0.15, -0.1) is 0 Å². The zero-order valence-electron chi connectivity index (χ0n) is 4.63. The van der Waals surface area contributed by atoms with E-state index in [0.717, 1.165) is 4.90 Å². The molecular formula is C4H6N2O2S. The van der Waals surface area contributed by atoms with Crippen LogP contribution in [0.25, 0.3) is 0 Å². The number of amides is 3. The van der Waals surface area contributed by atoms with Crippen molar-refractivity contribution in [1.29, 1.82) is 0 Å². The Kier molecular flexibility index (Phi) is 1.61. The molecule has 1 aliphatic rings. The molecule has 9 heavy (non-hydrogen) atoms. The van der Waals surface area contributed by atoms with Crippen LogP contribution in [0.3, 0.4) is 0 Å². The smallest absolute Gasteiger partial charge is 0.324 e. The van der Waals surface area contributed by atoms with E-state index in [1.54, 1.807) is 0 Å². The summed E-state index contributed by atoms with van der Waals surface area (Å²) in [5, 5.41) is 1.97. The Balaban J connectivity index is 2.60. The van der Waals surface area contributed by atoms with Crippen molar-refractivity contribution in [2.75, 3.05) is 13.1 Å². The van der Waals surface area contributed by atoms with Gasteiger partial charge in [-0.1, -0.05) is 12.6 Å². The molecule has 1 fully saturated rings. The Morgan fingerprint density at radius 1 is 1.78 bits per heavy atom. The highest BCUT2D eigenvalue weighted by Gasteiger charge is 2.23. The van der Waals surface area contributed by atoms with Gasteiger partial charge in [-0.3, -0.25) is 9.69 Å². The fourth-order valence-electron chi connectivity index (χ4n) is 0.654. The molecule has 4 nitrogen and oxygen atoms in total. The molecule has 0 aromatic rings. The molecule has 0 spiro atoms. The number of hydrogen-bond acceptors (Lipinski definition) is 2. The molecule has 1 heterocycles. The van der Waals surface area contributed by atoms with Crippen LogP contribution in [0.15, 0.2) is 0 Å². The van der Waals surface area contributed by atoms with Crippen LogP contribution in [0.5, 0.6) is 0 Å². The van der Waals surface area contributed by atoms with Gasteiger partial charge in [0.1, 0.15) is 0 Å². The summed E-state index contributed by atoms with van der Waals surface area (Å²) in [5.74, 6) is 0. The van der Waals surface area contributed by atoms with Crippen molar-refractivity contribution in [3.8, 4) is 0 Å². The van der Waals surface area contributed by atoms with Crippen molar-refractivity contribution < 1.29 is 9.59 Å². The van der Waals surface area contributed by atoms with Gasteiger partial charge in [0, 0.05) is 13.1 Å². The Morgan fingerprint density at radius 3 is 2.67 bits per heavy atom. The number of carbonyl (C=O) groups excluding carboxylic acids is 2. The summed E-state index contributed by atoms with van der Waals surface area (Å²) in [6.07, 6.45) is 0. The first-order valence-electron chi connectivity index (χ1n) is 2.50. The fraction of sp³-hybridized carbons (Fsp3) is 0.500. The van der Waals surface area contributed by atoms with E-state index >= 15 is 0 Å². The largest absolute Gasteiger partial charge is 0.336 e. The first-order valence-corrected chi connectivity index (χ1v) is 2.95. The number of thiol groups is 1. The first-order chi connectivity index (χ1) is 4.22. The normalized spacial score (nSPS) is 17.9. The minimum atomic E-state index is -0.495. The third-order valence-corrected chi connectivity index (χ3v) is 1.33. The molecule has 0 unspecified atom stereocenters. The summed E-state index contributed by atoms with van der Waals surface area (Å²) in [6.45, 7) is 0.965. The summed E-state index contributed by atoms with van der Waals surface area (Å²) in [7, 11) is 0. The van der Waals surface area contributed by atoms with Gasteiger partial charge in [-0.2, -0.15) is 0 Å². The molecule has 0 saturated carbocycles. The van der Waals surface area contributed by atoms with E-state index in [4.69, 9.17) is 0 Å². The summed E-state index contributed by atoms with van der Waals surface area (Å²) >= 11 is 3.48. The minimum Gasteiger partial charge on any atom is -0.336 e. The van der Waals surface area contributed by atoms with E-state index in [-0.39, 0.29) is 6.03 Å². The van der Waals surface area contributed by atoms with Crippen LogP contribution in [-0.2, 0) is 0 Å². The third-order valence-electron chi connectivity index (χ3n) is 1.09. The van der Waals surface area contributed by atoms with Crippen LogP contribution in [0.1, 0.15) is 0 Å². The fourth-order valence-corrected chi connectivity index (χ4v) is 0.845. The maximum atomic E-state index is 10.6. The third kappa shape index (κ3) is 1.16. The molecule has 3 amide bonds. The zero-order valence-corrected chi connectivity index (χ0v) is 5.52. The van der Waals surface area contributed by atoms with Crippen molar-refractivity contribution in [2.45, 2.75) is 0 Å². The van der Waals surface area contributed by atoms with E-state index in [2.05, 4.69) is 17.9 Å². The maximum Gasteiger partial charge on any atom is 0.324 e. The first kappa shape index (κ1) is 6.41. The van der Waals surface area contributed by atoms with Gasteiger partial charge in [0.25, 0.3) is 5.24 Å². The summed E-state index contributed by atoms with van der Waals surface area (Å²) in [5.41, 5.74) is 0. The Hall–Kier alpha value is -0.710. The second kappa shape index (κ2) is 2.26. The highest BCUT2D eigenvalue weighted by atomic mass is 32.1. The van der Waals surface area contributed by atoms with Gasteiger partial charge < -0.3 is 5.32 Å². The second-order valence-corrected chi connectivity index (χ2v) is 2.05. The van der Waals surface area contributed by atoms with E-state index in [0.29, 0.717) is 13.1 Å². The van der Waals surface area contributed by atoms with Crippen LogP contribution in [0.2, 0.25) is 0 Å². The summed E-state index contributed by atoms with van der Waals surface area (Å²) < 4.78 is 0. The van der Waals surface area contributed by atoms with Crippen LogP contribution < -0.4 is 5.32 Å². The summed E-state index contributed by atoms with van der Waals surface area (Å²) in [6, 6.07) is -0.352. The molecule has 5 heteroatoms. The molecular weight excluding hydrogens is 140 g/mol. The van der Waals surface area contributed by atoms with Gasteiger partial charge in [-0.25, -0.2) is 4.79 Å². The molecule has 1 saturated heterocycles. The van der Waals surface area contributed by atoms with Crippen molar-refractivity contribution in [3.05, 3.63) is 0 Å². The molecule has 1 rings (SSSR count). The van der Waals surface area contributed by atoms with Gasteiger partial charge in [0.2, 0.25) is 0 Å². The Morgan fingerprint density at radius 2 is 2.44 bits per heavy atom. The quantitative estimate of drug-likeness (QED) is 0.475. The number of nitrogens with zero attached hydrogens (tertiary/aromatic N) is 1. The van der Waals surface area contributed by atoms with Crippen LogP contribution in [0.4, 0.5) is 9.59 Å². The highest BCUT2D eigenvalue weighted by molar-refractivity contribution is 7.96. The highest BCUT2D eigenvalue weighted by Crippen LogP contribution is 1.99. The maximum absolute atomic E-state index is 10.6. The molecule has 0 aromatic heterocycles. The minimum absolute atomic E-state index is 0.352. The van der Waals surface area contributed by atoms with Gasteiger partial charge >= 0.3 is 6.03 Å². The van der Waals surface area contributed by atoms with Gasteiger partial charge in [-0.05, 0) is 0 Å². The number of urea groups is 1. The predicted molar refractivity (Wildman–Crippen MR) is 34.5 cm³/mol. The van der Waals surface area contributed by atoms with E-state index < -0.39 is 5.24 Å². The SMILES string of the molecule is O=C(S)N1CCNC1=O. The molecule has 0 aromatic carbocycles. The van der Waals surface area contributed by atoms with E-state index in [1.807, 2.05) is 0 Å². The number of carbonyl (C=O) groups is 2. The molecule has 1 aliphatic heterocycles. The molecule has 1 N–H and O–H groups in total. The van der Waals surface area contributed by atoms with Crippen LogP contribution in [0, 0.1) is 0 Å². The molecule has 50 valence electrons. The monoisotopic (exact) mass is 146 g/mol. The van der Waals surface area contributed by atoms with Crippen LogP contribution in [-0.4, -0.2) is 29.3 Å². The summed E-state index contributed by atoms with van der Waals surface area (Å²) in [4.78, 5) is 22.0. The van der Waals surface area contributed by atoms with Crippen LogP contribution >= 0.6 is 12.6 Å². The number of imide groups is 1. The van der Waals surface area contributed by atoms with Crippen molar-refractivity contribution in [3.63, 3.8) is 0 Å². The lowest BCUT2D eigenvalue weighted by Crippen LogP contribution is -2.29. The number of hydrogen-bond donors (Lipinski definition) is 2. The number of nitrogens with one attached hydrogen (secondary N) is 1. The molecule has 0 radical (unpaired) electrons. The zero-order chi connectivity index (χ0) is 6.85. The lowest BCUT2D eigenvalue weighted by Gasteiger charge is -2.05. The lowest BCUT2D eigenvalue weighted by molar-refractivity contribution is 0.213. The average Bonchev–Trinajstić information content (AvgIpc) is 2.13. The van der Waals surface area contributed by atoms with Gasteiger partial charge in [0.05, 0.1) is 0 Å². The molecule has 0 aliphatic carbocycles. The van der Waals surface area contributed by atoms with E-state index in [1.165, 1.54) is 0 Å². The Bertz CT molecular complexity index is 159. The molecule has 0 bridgehead atoms. The van der Waals surface area contributed by atoms with Crippen molar-refractivity contribution in [2.24, 2.45) is 0 Å². The topological polar surface area (TPSA) is 49.4 Å². The van der Waals surface area contributed by atoms with E-state index in [9.17, 15) is 9.59 Å². The lowest BCUT2D eigenvalue weighted by atomic mass is 10.7. The molecule has 0 atom stereocenters. The second-order valence-electron chi connectivity index (χ2n) is 1.67. The average molecular weight is 146 g/mol. The van der Waals surface area contributed by atoms with Crippen molar-refractivity contribution in [1.82, 2.24) is 10.2 Å². The number of rotatable bonds is 0. The standard InChI is InChI=1S/C4H6N2O2S/c7-3-5-1-2-6(3)4(8)9/h1-2H2,(H,5,7)(H,8,9). The predicted octanol–water partition coefficient (Wildman–Crippen LogP) is 0.0614. The van der Waals surface area contributed by atoms with Gasteiger partial charge in [0.15, 0.2) is 0 Å². The Labute approximate surface area is 57.6 Å².